The van der Waals surface area contributed by atoms with E-state index in [4.69, 9.17) is 5.73 Å². The largest absolute Gasteiger partial charge is 0.339 e. The van der Waals surface area contributed by atoms with Crippen LogP contribution in [0.25, 0.3) is 0 Å². The number of nitrogens with two attached hydrogens (primary N) is 1. The van der Waals surface area contributed by atoms with E-state index in [1.54, 1.807) is 0 Å². The van der Waals surface area contributed by atoms with Gasteiger partial charge in [0.15, 0.2) is 0 Å². The average molecular weight is 363 g/mol. The predicted molar refractivity (Wildman–Crippen MR) is 104 cm³/mol. The lowest BCUT2D eigenvalue weighted by Crippen LogP contribution is -2.49. The zero-order valence-electron chi connectivity index (χ0n) is 15.2. The summed E-state index contributed by atoms with van der Waals surface area (Å²) in [5, 5.41) is 0. The quantitative estimate of drug-likeness (QED) is 0.888. The highest BCUT2D eigenvalue weighted by Gasteiger charge is 2.57. The van der Waals surface area contributed by atoms with E-state index in [9.17, 15) is 4.79 Å². The van der Waals surface area contributed by atoms with Gasteiger partial charge in [-0.3, -0.25) is 4.79 Å². The van der Waals surface area contributed by atoms with Gasteiger partial charge in [0.1, 0.15) is 0 Å². The molecule has 0 radical (unpaired) electrons. The molecule has 1 saturated heterocycles. The molecule has 25 heavy (non-hydrogen) atoms. The topological polar surface area (TPSA) is 46.3 Å². The van der Waals surface area contributed by atoms with E-state index in [0.717, 1.165) is 31.7 Å². The Morgan fingerprint density at radius 2 is 2.00 bits per heavy atom. The summed E-state index contributed by atoms with van der Waals surface area (Å²) in [5.41, 5.74) is 7.06. The fraction of sp³-hybridized carbons (Fsp3) is 0.667. The van der Waals surface area contributed by atoms with Crippen molar-refractivity contribution in [2.75, 3.05) is 13.1 Å². The lowest BCUT2D eigenvalue weighted by molar-refractivity contribution is -0.146. The molecular formula is C21H31ClN2O. The van der Waals surface area contributed by atoms with Gasteiger partial charge in [-0.1, -0.05) is 36.8 Å². The highest BCUT2D eigenvalue weighted by molar-refractivity contribution is 5.85. The van der Waals surface area contributed by atoms with Crippen LogP contribution in [0.3, 0.4) is 0 Å². The molecular weight excluding hydrogens is 332 g/mol. The predicted octanol–water partition coefficient (Wildman–Crippen LogP) is 3.65. The van der Waals surface area contributed by atoms with Crippen LogP contribution in [-0.4, -0.2) is 29.9 Å². The van der Waals surface area contributed by atoms with Crippen LogP contribution in [0.5, 0.6) is 0 Å². The molecule has 1 aliphatic heterocycles. The van der Waals surface area contributed by atoms with E-state index in [-0.39, 0.29) is 17.8 Å². The summed E-state index contributed by atoms with van der Waals surface area (Å²) in [6.45, 7) is 3.77. The standard InChI is InChI=1S/C21H30N2O.ClH/c1-15-9-18(13-22)14-23(15)20(24)21(11-16-5-3-2-4-6-16)12-17-7-8-19(21)10-17;/h2-6,15,17-19H,7-14,22H2,1H3;1H. The molecule has 5 unspecified atom stereocenters. The highest BCUT2D eigenvalue weighted by Crippen LogP contribution is 2.58. The van der Waals surface area contributed by atoms with Gasteiger partial charge in [0.2, 0.25) is 5.91 Å². The first-order valence-corrected chi connectivity index (χ1v) is 9.67. The van der Waals surface area contributed by atoms with Crippen LogP contribution < -0.4 is 5.73 Å². The molecule has 1 heterocycles. The Balaban J connectivity index is 0.00000182. The number of rotatable bonds is 4. The maximum atomic E-state index is 13.7. The molecule has 5 atom stereocenters. The molecule has 2 bridgehead atoms. The molecule has 2 aliphatic carbocycles. The van der Waals surface area contributed by atoms with Crippen molar-refractivity contribution >= 4 is 18.3 Å². The maximum Gasteiger partial charge on any atom is 0.229 e. The van der Waals surface area contributed by atoms with Gasteiger partial charge in [-0.2, -0.15) is 0 Å². The van der Waals surface area contributed by atoms with E-state index < -0.39 is 0 Å². The van der Waals surface area contributed by atoms with E-state index >= 15 is 0 Å². The second-order valence-electron chi connectivity index (χ2n) is 8.54. The van der Waals surface area contributed by atoms with Gasteiger partial charge in [0.25, 0.3) is 0 Å². The molecule has 3 nitrogen and oxygen atoms in total. The third-order valence-electron chi connectivity index (χ3n) is 7.02. The summed E-state index contributed by atoms with van der Waals surface area (Å²) in [5.74, 6) is 2.27. The van der Waals surface area contributed by atoms with Gasteiger partial charge in [0.05, 0.1) is 5.41 Å². The summed E-state index contributed by atoms with van der Waals surface area (Å²) in [6.07, 6.45) is 6.92. The minimum Gasteiger partial charge on any atom is -0.339 e. The third-order valence-corrected chi connectivity index (χ3v) is 7.02. The third kappa shape index (κ3) is 3.21. The molecule has 4 heteroatoms. The molecule has 1 amide bonds. The Hall–Kier alpha value is -1.06. The minimum atomic E-state index is -0.151. The van der Waals surface area contributed by atoms with Gasteiger partial charge < -0.3 is 10.6 Å². The molecule has 3 aliphatic rings. The Kier molecular flexibility index (Phi) is 5.45. The average Bonchev–Trinajstić information content (AvgIpc) is 3.29. The number of carbonyl (C=O) groups excluding carboxylic acids is 1. The van der Waals surface area contributed by atoms with Gasteiger partial charge >= 0.3 is 0 Å². The van der Waals surface area contributed by atoms with Gasteiger partial charge in [-0.25, -0.2) is 0 Å². The second-order valence-corrected chi connectivity index (χ2v) is 8.54. The summed E-state index contributed by atoms with van der Waals surface area (Å²) < 4.78 is 0. The monoisotopic (exact) mass is 362 g/mol. The van der Waals surface area contributed by atoms with Crippen LogP contribution in [0.4, 0.5) is 0 Å². The molecule has 2 N–H and O–H groups in total. The Morgan fingerprint density at radius 3 is 2.56 bits per heavy atom. The maximum absolute atomic E-state index is 13.7. The lowest BCUT2D eigenvalue weighted by atomic mass is 9.68. The van der Waals surface area contributed by atoms with Crippen molar-refractivity contribution in [3.8, 4) is 0 Å². The van der Waals surface area contributed by atoms with Crippen molar-refractivity contribution in [1.29, 1.82) is 0 Å². The first-order chi connectivity index (χ1) is 11.6. The molecule has 1 aromatic carbocycles. The number of hydrogen-bond acceptors (Lipinski definition) is 2. The number of nitrogens with zero attached hydrogens (tertiary/aromatic N) is 1. The van der Waals surface area contributed by atoms with Gasteiger partial charge in [-0.05, 0) is 68.9 Å². The number of amides is 1. The van der Waals surface area contributed by atoms with Crippen molar-refractivity contribution in [3.05, 3.63) is 35.9 Å². The number of carbonyl (C=O) groups is 1. The molecule has 0 aromatic heterocycles. The first kappa shape index (κ1) is 18.7. The molecule has 138 valence electrons. The number of benzene rings is 1. The Morgan fingerprint density at radius 1 is 1.24 bits per heavy atom. The zero-order chi connectivity index (χ0) is 16.7. The molecule has 2 saturated carbocycles. The first-order valence-electron chi connectivity index (χ1n) is 9.67. The summed E-state index contributed by atoms with van der Waals surface area (Å²) >= 11 is 0. The fourth-order valence-electron chi connectivity index (χ4n) is 5.84. The van der Waals surface area contributed by atoms with Crippen molar-refractivity contribution < 1.29 is 4.79 Å². The molecule has 3 fully saturated rings. The summed E-state index contributed by atoms with van der Waals surface area (Å²) in [7, 11) is 0. The smallest absolute Gasteiger partial charge is 0.229 e. The second kappa shape index (κ2) is 7.28. The van der Waals surface area contributed by atoms with Crippen molar-refractivity contribution in [1.82, 2.24) is 4.90 Å². The minimum absolute atomic E-state index is 0. The van der Waals surface area contributed by atoms with Crippen LogP contribution in [0, 0.1) is 23.2 Å². The van der Waals surface area contributed by atoms with Gasteiger partial charge in [-0.15, -0.1) is 12.4 Å². The molecule has 1 aromatic rings. The normalized spacial score (nSPS) is 36.5. The zero-order valence-corrected chi connectivity index (χ0v) is 16.0. The van der Waals surface area contributed by atoms with Crippen LogP contribution >= 0.6 is 12.4 Å². The van der Waals surface area contributed by atoms with Crippen LogP contribution in [0.15, 0.2) is 30.3 Å². The number of halogens is 1. The molecule has 4 rings (SSSR count). The van der Waals surface area contributed by atoms with E-state index in [1.807, 2.05) is 0 Å². The van der Waals surface area contributed by atoms with Crippen molar-refractivity contribution in [3.63, 3.8) is 0 Å². The Bertz CT molecular complexity index is 607. The number of fused-ring (bicyclic) bond motifs is 2. The van der Waals surface area contributed by atoms with Crippen LogP contribution in [-0.2, 0) is 11.2 Å². The van der Waals surface area contributed by atoms with Crippen molar-refractivity contribution in [2.45, 2.75) is 51.5 Å². The van der Waals surface area contributed by atoms with E-state index in [1.165, 1.54) is 24.8 Å². The Labute approximate surface area is 157 Å². The van der Waals surface area contributed by atoms with E-state index in [0.29, 0.717) is 30.3 Å². The SMILES string of the molecule is CC1CC(CN)CN1C(=O)C1(Cc2ccccc2)CC2CCC1C2.Cl. The molecule has 0 spiro atoms. The fourth-order valence-corrected chi connectivity index (χ4v) is 5.84. The lowest BCUT2D eigenvalue weighted by Gasteiger charge is -2.41. The number of likely N-dealkylation sites (tertiary alicyclic amines) is 1. The van der Waals surface area contributed by atoms with E-state index in [2.05, 4.69) is 42.2 Å². The van der Waals surface area contributed by atoms with Crippen LogP contribution in [0.1, 0.15) is 44.6 Å². The van der Waals surface area contributed by atoms with Crippen LogP contribution in [0.2, 0.25) is 0 Å². The van der Waals surface area contributed by atoms with Crippen molar-refractivity contribution in [2.24, 2.45) is 28.9 Å². The van der Waals surface area contributed by atoms with Gasteiger partial charge in [0, 0.05) is 12.6 Å². The summed E-state index contributed by atoms with van der Waals surface area (Å²) in [4.78, 5) is 15.9. The highest BCUT2D eigenvalue weighted by atomic mass is 35.5. The number of hydrogen-bond donors (Lipinski definition) is 1. The summed E-state index contributed by atoms with van der Waals surface area (Å²) in [6, 6.07) is 11.0.